The molecule has 0 fully saturated rings. The fourth-order valence-corrected chi connectivity index (χ4v) is 3.15. The average molecular weight is 383 g/mol. The third kappa shape index (κ3) is 3.57. The number of benzene rings is 3. The Kier molecular flexibility index (Phi) is 5.01. The van der Waals surface area contributed by atoms with Crippen LogP contribution >= 0.6 is 11.6 Å². The molecule has 1 N–H and O–H groups in total. The second-order valence-electron chi connectivity index (χ2n) is 6.07. The quantitative estimate of drug-likeness (QED) is 0.464. The van der Waals surface area contributed by atoms with E-state index in [4.69, 9.17) is 11.6 Å². The molecule has 4 rings (SSSR count). The van der Waals surface area contributed by atoms with Crippen LogP contribution in [0.1, 0.15) is 5.56 Å². The Morgan fingerprint density at radius 3 is 2.04 bits per heavy atom. The maximum Gasteiger partial charge on any atom is 0.228 e. The zero-order valence-electron chi connectivity index (χ0n) is 14.8. The highest BCUT2D eigenvalue weighted by Crippen LogP contribution is 2.34. The third-order valence-electron chi connectivity index (χ3n) is 4.23. The van der Waals surface area contributed by atoms with Gasteiger partial charge in [-0.25, -0.2) is 9.97 Å². The van der Waals surface area contributed by atoms with E-state index in [2.05, 4.69) is 21.4 Å². The largest absolute Gasteiger partial charge is 0.324 e. The van der Waals surface area contributed by atoms with E-state index in [1.54, 1.807) is 6.07 Å². The van der Waals surface area contributed by atoms with E-state index >= 15 is 0 Å². The van der Waals surface area contributed by atoms with Crippen molar-refractivity contribution in [2.24, 2.45) is 0 Å². The molecule has 1 heterocycles. The van der Waals surface area contributed by atoms with Gasteiger partial charge in [-0.05, 0) is 18.2 Å². The minimum atomic E-state index is 0.387. The van der Waals surface area contributed by atoms with Crippen molar-refractivity contribution in [2.45, 2.75) is 0 Å². The highest BCUT2D eigenvalue weighted by Gasteiger charge is 2.19. The summed E-state index contributed by atoms with van der Waals surface area (Å²) in [6.45, 7) is 0. The molecule has 1 aromatic heterocycles. The van der Waals surface area contributed by atoms with Crippen LogP contribution in [0.5, 0.6) is 0 Å². The van der Waals surface area contributed by atoms with Crippen LogP contribution in [0.3, 0.4) is 0 Å². The highest BCUT2D eigenvalue weighted by atomic mass is 35.5. The van der Waals surface area contributed by atoms with Gasteiger partial charge in [-0.3, -0.25) is 0 Å². The van der Waals surface area contributed by atoms with Crippen LogP contribution in [0, 0.1) is 11.3 Å². The molecule has 4 nitrogen and oxygen atoms in total. The van der Waals surface area contributed by atoms with Crippen molar-refractivity contribution in [1.82, 2.24) is 9.97 Å². The molecule has 28 heavy (non-hydrogen) atoms. The monoisotopic (exact) mass is 382 g/mol. The lowest BCUT2D eigenvalue weighted by Gasteiger charge is -2.13. The summed E-state index contributed by atoms with van der Waals surface area (Å²) in [4.78, 5) is 9.26. The van der Waals surface area contributed by atoms with Gasteiger partial charge in [-0.2, -0.15) is 5.26 Å². The first kappa shape index (κ1) is 17.7. The first-order valence-corrected chi connectivity index (χ1v) is 9.08. The Labute approximate surface area is 168 Å². The molecule has 134 valence electrons. The fourth-order valence-electron chi connectivity index (χ4n) is 2.93. The Bertz CT molecular complexity index is 1150. The lowest BCUT2D eigenvalue weighted by atomic mass is 10.0. The second-order valence-corrected chi connectivity index (χ2v) is 6.48. The number of nitriles is 1. The van der Waals surface area contributed by atoms with E-state index < -0.39 is 0 Å². The second kappa shape index (κ2) is 7.91. The number of nitrogens with one attached hydrogen (secondary N) is 1. The van der Waals surface area contributed by atoms with Crippen LogP contribution in [0.15, 0.2) is 84.9 Å². The molecule has 0 unspecified atom stereocenters. The number of rotatable bonds is 4. The molecule has 0 saturated carbocycles. The minimum Gasteiger partial charge on any atom is -0.324 e. The molecule has 0 radical (unpaired) electrons. The maximum absolute atomic E-state index is 9.90. The van der Waals surface area contributed by atoms with Crippen molar-refractivity contribution in [3.8, 4) is 28.6 Å². The molecule has 0 aliphatic rings. The summed E-state index contributed by atoms with van der Waals surface area (Å²) in [6, 6.07) is 28.9. The fraction of sp³-hybridized carbons (Fsp3) is 0. The predicted octanol–water partition coefficient (Wildman–Crippen LogP) is 6.08. The number of aromatic nitrogens is 2. The summed E-state index contributed by atoms with van der Waals surface area (Å²) >= 11 is 6.41. The van der Waals surface area contributed by atoms with E-state index in [1.807, 2.05) is 78.9 Å². The predicted molar refractivity (Wildman–Crippen MR) is 112 cm³/mol. The molecular weight excluding hydrogens is 368 g/mol. The van der Waals surface area contributed by atoms with Gasteiger partial charge < -0.3 is 5.32 Å². The topological polar surface area (TPSA) is 61.6 Å². The van der Waals surface area contributed by atoms with Gasteiger partial charge in [0.15, 0.2) is 0 Å². The molecule has 0 saturated heterocycles. The number of hydrogen-bond donors (Lipinski definition) is 1. The van der Waals surface area contributed by atoms with Gasteiger partial charge >= 0.3 is 0 Å². The molecule has 0 bridgehead atoms. The summed E-state index contributed by atoms with van der Waals surface area (Å²) in [5.74, 6) is 0.402. The summed E-state index contributed by atoms with van der Waals surface area (Å²) in [6.07, 6.45) is 0. The van der Waals surface area contributed by atoms with Gasteiger partial charge in [0, 0.05) is 16.8 Å². The number of hydrogen-bond acceptors (Lipinski definition) is 4. The van der Waals surface area contributed by atoms with E-state index in [9.17, 15) is 5.26 Å². The van der Waals surface area contributed by atoms with Crippen LogP contribution in [0.25, 0.3) is 22.5 Å². The van der Waals surface area contributed by atoms with Crippen molar-refractivity contribution >= 4 is 23.2 Å². The van der Waals surface area contributed by atoms with Crippen LogP contribution in [0.2, 0.25) is 5.02 Å². The molecule has 3 aromatic carbocycles. The highest BCUT2D eigenvalue weighted by molar-refractivity contribution is 6.33. The molecule has 5 heteroatoms. The van der Waals surface area contributed by atoms with E-state index in [0.29, 0.717) is 33.5 Å². The molecule has 0 spiro atoms. The number of halogens is 1. The summed E-state index contributed by atoms with van der Waals surface area (Å²) < 4.78 is 0. The first-order chi connectivity index (χ1) is 13.8. The molecular formula is C23H15ClN4. The van der Waals surface area contributed by atoms with Gasteiger partial charge in [-0.15, -0.1) is 0 Å². The number of anilines is 2. The number of para-hydroxylation sites is 1. The van der Waals surface area contributed by atoms with Gasteiger partial charge in [0.2, 0.25) is 5.95 Å². The van der Waals surface area contributed by atoms with Crippen molar-refractivity contribution < 1.29 is 0 Å². The zero-order valence-corrected chi connectivity index (χ0v) is 15.6. The SMILES string of the molecule is N#Cc1c(-c2ccccc2)nc(Nc2ccccc2)nc1-c1ccccc1Cl. The van der Waals surface area contributed by atoms with Gasteiger partial charge in [0.1, 0.15) is 11.6 Å². The molecule has 0 atom stereocenters. The normalized spacial score (nSPS) is 10.3. The maximum atomic E-state index is 9.90. The third-order valence-corrected chi connectivity index (χ3v) is 4.56. The van der Waals surface area contributed by atoms with Gasteiger partial charge in [0.05, 0.1) is 16.4 Å². The standard InChI is InChI=1S/C23H15ClN4/c24-20-14-8-7-13-18(20)22-19(15-25)21(16-9-3-1-4-10-16)27-23(28-22)26-17-11-5-2-6-12-17/h1-14H,(H,26,27,28). The van der Waals surface area contributed by atoms with E-state index in [-0.39, 0.29) is 0 Å². The van der Waals surface area contributed by atoms with Crippen molar-refractivity contribution in [3.63, 3.8) is 0 Å². The van der Waals surface area contributed by atoms with Crippen LogP contribution in [-0.2, 0) is 0 Å². The Hall–Kier alpha value is -3.68. The first-order valence-electron chi connectivity index (χ1n) is 8.71. The molecule has 0 amide bonds. The Balaban J connectivity index is 1.95. The summed E-state index contributed by atoms with van der Waals surface area (Å²) in [5, 5.41) is 13.7. The average Bonchev–Trinajstić information content (AvgIpc) is 2.75. The zero-order chi connectivity index (χ0) is 19.3. The molecule has 4 aromatic rings. The van der Waals surface area contributed by atoms with Crippen LogP contribution < -0.4 is 5.32 Å². The lowest BCUT2D eigenvalue weighted by Crippen LogP contribution is -2.04. The summed E-state index contributed by atoms with van der Waals surface area (Å²) in [5.41, 5.74) is 3.84. The van der Waals surface area contributed by atoms with Crippen LogP contribution in [-0.4, -0.2) is 9.97 Å². The lowest BCUT2D eigenvalue weighted by molar-refractivity contribution is 1.16. The van der Waals surface area contributed by atoms with Gasteiger partial charge in [0.25, 0.3) is 0 Å². The van der Waals surface area contributed by atoms with Crippen LogP contribution in [0.4, 0.5) is 11.6 Å². The Morgan fingerprint density at radius 1 is 0.750 bits per heavy atom. The Morgan fingerprint density at radius 2 is 1.36 bits per heavy atom. The summed E-state index contributed by atoms with van der Waals surface area (Å²) in [7, 11) is 0. The minimum absolute atomic E-state index is 0.387. The van der Waals surface area contributed by atoms with E-state index in [0.717, 1.165) is 11.3 Å². The van der Waals surface area contributed by atoms with Crippen molar-refractivity contribution in [2.75, 3.05) is 5.32 Å². The molecule has 0 aliphatic heterocycles. The van der Waals surface area contributed by atoms with Gasteiger partial charge in [-0.1, -0.05) is 78.3 Å². The van der Waals surface area contributed by atoms with E-state index in [1.165, 1.54) is 0 Å². The van der Waals surface area contributed by atoms with Crippen molar-refractivity contribution in [1.29, 1.82) is 5.26 Å². The number of nitrogens with zero attached hydrogens (tertiary/aromatic N) is 3. The van der Waals surface area contributed by atoms with Crippen molar-refractivity contribution in [3.05, 3.63) is 95.5 Å². The smallest absolute Gasteiger partial charge is 0.228 e. The molecule has 0 aliphatic carbocycles.